The molecule has 0 aromatic carbocycles. The van der Waals surface area contributed by atoms with Crippen molar-refractivity contribution in [2.24, 2.45) is 0 Å². The predicted octanol–water partition coefficient (Wildman–Crippen LogP) is 2.08. The summed E-state index contributed by atoms with van der Waals surface area (Å²) in [5.41, 5.74) is 0.858. The molecule has 0 spiro atoms. The second-order valence-electron chi connectivity index (χ2n) is 3.51. The molecule has 0 aliphatic carbocycles. The monoisotopic (exact) mass is 253 g/mol. The van der Waals surface area contributed by atoms with Gasteiger partial charge in [0, 0.05) is 6.20 Å². The third kappa shape index (κ3) is 3.13. The molecule has 0 fully saturated rings. The Morgan fingerprint density at radius 1 is 1.47 bits per heavy atom. The Labute approximate surface area is 103 Å². The molecule has 0 bridgehead atoms. The second-order valence-corrected chi connectivity index (χ2v) is 4.16. The highest BCUT2D eigenvalue weighted by atomic mass is 35.5. The van der Waals surface area contributed by atoms with Crippen molar-refractivity contribution in [3.8, 4) is 0 Å². The van der Waals surface area contributed by atoms with Gasteiger partial charge in [0.1, 0.15) is 11.2 Å². The fraction of sp³-hybridized carbons (Fsp3) is 0.400. The summed E-state index contributed by atoms with van der Waals surface area (Å²) in [6.45, 7) is 4.11. The molecule has 0 saturated heterocycles. The van der Waals surface area contributed by atoms with Crippen molar-refractivity contribution in [2.45, 2.75) is 25.8 Å². The van der Waals surface area contributed by atoms with Crippen molar-refractivity contribution in [2.75, 3.05) is 5.32 Å². The van der Waals surface area contributed by atoms with Crippen LogP contribution in [0.3, 0.4) is 0 Å². The highest BCUT2D eigenvalue weighted by Gasteiger charge is 2.10. The molecule has 0 amide bonds. The molecule has 0 radical (unpaired) electrons. The highest BCUT2D eigenvalue weighted by Crippen LogP contribution is 2.19. The fourth-order valence-corrected chi connectivity index (χ4v) is 1.32. The summed E-state index contributed by atoms with van der Waals surface area (Å²) in [7, 11) is 0. The van der Waals surface area contributed by atoms with Gasteiger partial charge in [0.2, 0.25) is 5.89 Å². The number of nitrogens with one attached hydrogen (secondary N) is 1. The number of halogens is 1. The summed E-state index contributed by atoms with van der Waals surface area (Å²) < 4.78 is 5.29. The molecule has 1 unspecified atom stereocenters. The molecule has 2 aromatic heterocycles. The Kier molecular flexibility index (Phi) is 3.53. The smallest absolute Gasteiger partial charge is 0.315 e. The second kappa shape index (κ2) is 5.09. The quantitative estimate of drug-likeness (QED) is 0.841. The van der Waals surface area contributed by atoms with E-state index >= 15 is 0 Å². The van der Waals surface area contributed by atoms with Crippen LogP contribution in [-0.2, 0) is 6.54 Å². The highest BCUT2D eigenvalue weighted by molar-refractivity contribution is 6.20. The molecular weight excluding hydrogens is 242 g/mol. The van der Waals surface area contributed by atoms with Crippen molar-refractivity contribution in [1.29, 1.82) is 0 Å². The molecule has 7 heteroatoms. The van der Waals surface area contributed by atoms with Crippen LogP contribution < -0.4 is 5.32 Å². The van der Waals surface area contributed by atoms with Gasteiger partial charge < -0.3 is 9.73 Å². The van der Waals surface area contributed by atoms with E-state index in [1.54, 1.807) is 13.1 Å². The van der Waals surface area contributed by atoms with Gasteiger partial charge in [-0.25, -0.2) is 9.97 Å². The van der Waals surface area contributed by atoms with Gasteiger partial charge in [-0.3, -0.25) is 0 Å². The number of hydrogen-bond acceptors (Lipinski definition) is 6. The van der Waals surface area contributed by atoms with Gasteiger partial charge in [0.25, 0.3) is 0 Å². The molecule has 2 heterocycles. The molecule has 2 rings (SSSR count). The first-order valence-corrected chi connectivity index (χ1v) is 5.58. The minimum atomic E-state index is -0.292. The Hall–Kier alpha value is -1.69. The SMILES string of the molecule is Cc1nccc(CNc2nnc(C(C)Cl)o2)n1. The van der Waals surface area contributed by atoms with Crippen LogP contribution in [0.1, 0.15) is 29.7 Å². The zero-order chi connectivity index (χ0) is 12.3. The van der Waals surface area contributed by atoms with E-state index in [2.05, 4.69) is 25.5 Å². The van der Waals surface area contributed by atoms with E-state index in [1.807, 2.05) is 13.0 Å². The number of nitrogens with zero attached hydrogens (tertiary/aromatic N) is 4. The molecule has 0 aliphatic heterocycles. The minimum Gasteiger partial charge on any atom is -0.406 e. The number of anilines is 1. The summed E-state index contributed by atoms with van der Waals surface area (Å²) in [5.74, 6) is 1.12. The van der Waals surface area contributed by atoms with Gasteiger partial charge >= 0.3 is 6.01 Å². The molecular formula is C10H12ClN5O. The minimum absolute atomic E-state index is 0.292. The van der Waals surface area contributed by atoms with Crippen LogP contribution >= 0.6 is 11.6 Å². The van der Waals surface area contributed by atoms with Crippen LogP contribution in [-0.4, -0.2) is 20.2 Å². The molecule has 0 saturated carbocycles. The first-order valence-electron chi connectivity index (χ1n) is 5.15. The summed E-state index contributed by atoms with van der Waals surface area (Å²) >= 11 is 5.81. The van der Waals surface area contributed by atoms with Gasteiger partial charge in [-0.2, -0.15) is 0 Å². The first-order chi connectivity index (χ1) is 8.15. The number of hydrogen-bond donors (Lipinski definition) is 1. The standard InChI is InChI=1S/C10H12ClN5O/c1-6(11)9-15-16-10(17-9)13-5-8-3-4-12-7(2)14-8/h3-4,6H,5H2,1-2H3,(H,13,16). The third-order valence-corrected chi connectivity index (χ3v) is 2.22. The van der Waals surface area contributed by atoms with Crippen molar-refractivity contribution >= 4 is 17.6 Å². The Balaban J connectivity index is 1.97. The van der Waals surface area contributed by atoms with Gasteiger partial charge in [0.15, 0.2) is 0 Å². The fourth-order valence-electron chi connectivity index (χ4n) is 1.24. The van der Waals surface area contributed by atoms with Crippen LogP contribution in [0, 0.1) is 6.92 Å². The summed E-state index contributed by atoms with van der Waals surface area (Å²) in [6.07, 6.45) is 1.71. The van der Waals surface area contributed by atoms with Gasteiger partial charge in [0.05, 0.1) is 12.2 Å². The molecule has 17 heavy (non-hydrogen) atoms. The molecule has 0 aliphatic rings. The van der Waals surface area contributed by atoms with E-state index in [0.29, 0.717) is 18.5 Å². The normalized spacial score (nSPS) is 12.4. The molecule has 90 valence electrons. The summed E-state index contributed by atoms with van der Waals surface area (Å²) in [5, 5.41) is 10.3. The van der Waals surface area contributed by atoms with Crippen molar-refractivity contribution in [3.63, 3.8) is 0 Å². The van der Waals surface area contributed by atoms with Crippen molar-refractivity contribution < 1.29 is 4.42 Å². The zero-order valence-corrected chi connectivity index (χ0v) is 10.3. The average molecular weight is 254 g/mol. The lowest BCUT2D eigenvalue weighted by Crippen LogP contribution is -2.03. The van der Waals surface area contributed by atoms with Gasteiger partial charge in [-0.05, 0) is 19.9 Å². The lowest BCUT2D eigenvalue weighted by Gasteiger charge is -2.01. The predicted molar refractivity (Wildman–Crippen MR) is 62.7 cm³/mol. The Morgan fingerprint density at radius 3 is 2.94 bits per heavy atom. The van der Waals surface area contributed by atoms with E-state index < -0.39 is 0 Å². The number of aryl methyl sites for hydroxylation is 1. The van der Waals surface area contributed by atoms with E-state index in [4.69, 9.17) is 16.0 Å². The van der Waals surface area contributed by atoms with Crippen LogP contribution in [0.5, 0.6) is 0 Å². The number of alkyl halides is 1. The van der Waals surface area contributed by atoms with E-state index in [0.717, 1.165) is 11.5 Å². The van der Waals surface area contributed by atoms with E-state index in [1.165, 1.54) is 0 Å². The maximum Gasteiger partial charge on any atom is 0.315 e. The first kappa shape index (κ1) is 11.8. The third-order valence-electron chi connectivity index (χ3n) is 2.04. The maximum absolute atomic E-state index is 5.81. The van der Waals surface area contributed by atoms with Gasteiger partial charge in [-0.15, -0.1) is 16.7 Å². The van der Waals surface area contributed by atoms with Gasteiger partial charge in [-0.1, -0.05) is 5.10 Å². The molecule has 1 atom stereocenters. The molecule has 6 nitrogen and oxygen atoms in total. The van der Waals surface area contributed by atoms with Crippen molar-refractivity contribution in [3.05, 3.63) is 29.7 Å². The zero-order valence-electron chi connectivity index (χ0n) is 9.51. The summed E-state index contributed by atoms with van der Waals surface area (Å²) in [6, 6.07) is 2.16. The van der Waals surface area contributed by atoms with E-state index in [-0.39, 0.29) is 5.38 Å². The van der Waals surface area contributed by atoms with Crippen molar-refractivity contribution in [1.82, 2.24) is 20.2 Å². The lowest BCUT2D eigenvalue weighted by atomic mass is 10.4. The number of aromatic nitrogens is 4. The maximum atomic E-state index is 5.81. The van der Waals surface area contributed by atoms with Crippen LogP contribution in [0.4, 0.5) is 6.01 Å². The Bertz CT molecular complexity index is 499. The van der Waals surface area contributed by atoms with Crippen LogP contribution in [0.15, 0.2) is 16.7 Å². The van der Waals surface area contributed by atoms with Crippen LogP contribution in [0.2, 0.25) is 0 Å². The Morgan fingerprint density at radius 2 is 2.29 bits per heavy atom. The average Bonchev–Trinajstić information content (AvgIpc) is 2.75. The van der Waals surface area contributed by atoms with E-state index in [9.17, 15) is 0 Å². The van der Waals surface area contributed by atoms with Crippen LogP contribution in [0.25, 0.3) is 0 Å². The lowest BCUT2D eigenvalue weighted by molar-refractivity contribution is 0.505. The number of rotatable bonds is 4. The topological polar surface area (TPSA) is 76.7 Å². The largest absolute Gasteiger partial charge is 0.406 e. The molecule has 2 aromatic rings. The molecule has 1 N–H and O–H groups in total. The summed E-state index contributed by atoms with van der Waals surface area (Å²) in [4.78, 5) is 8.26.